The maximum Gasteiger partial charge on any atom is 0.231 e. The van der Waals surface area contributed by atoms with E-state index in [9.17, 15) is 4.79 Å². The summed E-state index contributed by atoms with van der Waals surface area (Å²) in [5.41, 5.74) is 2.51. The van der Waals surface area contributed by atoms with E-state index in [2.05, 4.69) is 51.0 Å². The number of aromatic amines is 1. The number of piperazine rings is 1. The molecule has 1 amide bonds. The first-order chi connectivity index (χ1) is 17.2. The maximum atomic E-state index is 13.9. The normalized spacial score (nSPS) is 25.6. The Bertz CT molecular complexity index is 1140. The van der Waals surface area contributed by atoms with Crippen LogP contribution in [0, 0.1) is 17.8 Å². The molecule has 1 aliphatic heterocycles. The first-order valence-electron chi connectivity index (χ1n) is 13.4. The van der Waals surface area contributed by atoms with Crippen molar-refractivity contribution in [3.05, 3.63) is 54.9 Å². The number of aromatic nitrogens is 2. The quantitative estimate of drug-likeness (QED) is 0.554. The van der Waals surface area contributed by atoms with Gasteiger partial charge in [-0.05, 0) is 68.4 Å². The van der Waals surface area contributed by atoms with Gasteiger partial charge in [0, 0.05) is 73.7 Å². The molecule has 7 rings (SSSR count). The van der Waals surface area contributed by atoms with Crippen LogP contribution in [0.2, 0.25) is 0 Å². The average molecular weight is 472 g/mol. The van der Waals surface area contributed by atoms with Crippen molar-refractivity contribution in [3.8, 4) is 0 Å². The molecule has 35 heavy (non-hydrogen) atoms. The van der Waals surface area contributed by atoms with Gasteiger partial charge in [-0.1, -0.05) is 25.0 Å². The lowest BCUT2D eigenvalue weighted by Gasteiger charge is -2.44. The highest BCUT2D eigenvalue weighted by Gasteiger charge is 2.42. The van der Waals surface area contributed by atoms with Crippen molar-refractivity contribution in [1.82, 2.24) is 14.9 Å². The number of carbonyl (C=O) groups excluding carboxylic acids is 1. The zero-order chi connectivity index (χ0) is 23.8. The van der Waals surface area contributed by atoms with Crippen LogP contribution in [-0.2, 0) is 4.79 Å². The van der Waals surface area contributed by atoms with Crippen LogP contribution >= 0.6 is 0 Å². The number of fused-ring (bicyclic) bond motifs is 4. The molecule has 3 heterocycles. The molecule has 1 saturated heterocycles. The Labute approximate surface area is 208 Å². The van der Waals surface area contributed by atoms with E-state index in [4.69, 9.17) is 0 Å². The SMILES string of the molecule is C[C@H](CN(C(=O)[C@H]1CC2CCC1CC2)c1ccccn1)N1CCN(c2cccc3[nH]ccc23)CC1. The molecular weight excluding hydrogens is 434 g/mol. The van der Waals surface area contributed by atoms with Gasteiger partial charge in [0.15, 0.2) is 0 Å². The van der Waals surface area contributed by atoms with Gasteiger partial charge < -0.3 is 9.88 Å². The van der Waals surface area contributed by atoms with E-state index < -0.39 is 0 Å². The Morgan fingerprint density at radius 2 is 1.89 bits per heavy atom. The summed E-state index contributed by atoms with van der Waals surface area (Å²) in [6.45, 7) is 6.98. The molecular formula is C29H37N5O. The minimum Gasteiger partial charge on any atom is -0.368 e. The van der Waals surface area contributed by atoms with Crippen LogP contribution in [0.1, 0.15) is 39.0 Å². The number of H-pyrrole nitrogens is 1. The number of hydrogen-bond donors (Lipinski definition) is 1. The summed E-state index contributed by atoms with van der Waals surface area (Å²) in [5.74, 6) is 2.60. The van der Waals surface area contributed by atoms with Crippen molar-refractivity contribution >= 4 is 28.3 Å². The highest BCUT2D eigenvalue weighted by atomic mass is 16.2. The lowest BCUT2D eigenvalue weighted by Crippen LogP contribution is -2.54. The minimum absolute atomic E-state index is 0.176. The summed E-state index contributed by atoms with van der Waals surface area (Å²) < 4.78 is 0. The average Bonchev–Trinajstić information content (AvgIpc) is 3.42. The summed E-state index contributed by atoms with van der Waals surface area (Å²) in [6, 6.07) is 14.9. The molecule has 3 aromatic rings. The number of carbonyl (C=O) groups is 1. The monoisotopic (exact) mass is 471 g/mol. The van der Waals surface area contributed by atoms with E-state index in [1.165, 1.54) is 42.3 Å². The van der Waals surface area contributed by atoms with Gasteiger partial charge >= 0.3 is 0 Å². The summed E-state index contributed by atoms with van der Waals surface area (Å²) in [6.07, 6.45) is 9.99. The lowest BCUT2D eigenvalue weighted by molar-refractivity contribution is -0.127. The van der Waals surface area contributed by atoms with E-state index in [0.29, 0.717) is 18.4 Å². The molecule has 2 bridgehead atoms. The molecule has 2 aromatic heterocycles. The van der Waals surface area contributed by atoms with E-state index in [1.807, 2.05) is 35.5 Å². The molecule has 1 aromatic carbocycles. The number of nitrogens with zero attached hydrogens (tertiary/aromatic N) is 4. The van der Waals surface area contributed by atoms with Crippen molar-refractivity contribution in [1.29, 1.82) is 0 Å². The fraction of sp³-hybridized carbons (Fsp3) is 0.517. The fourth-order valence-corrected chi connectivity index (χ4v) is 6.82. The van der Waals surface area contributed by atoms with Gasteiger partial charge in [0.05, 0.1) is 0 Å². The van der Waals surface area contributed by atoms with Crippen LogP contribution in [0.3, 0.4) is 0 Å². The van der Waals surface area contributed by atoms with E-state index in [-0.39, 0.29) is 12.0 Å². The second kappa shape index (κ2) is 9.65. The van der Waals surface area contributed by atoms with Gasteiger partial charge in [-0.25, -0.2) is 4.98 Å². The second-order valence-electron chi connectivity index (χ2n) is 10.8. The molecule has 1 N–H and O–H groups in total. The minimum atomic E-state index is 0.176. The van der Waals surface area contributed by atoms with Crippen molar-refractivity contribution in [2.45, 2.75) is 45.1 Å². The molecule has 2 atom stereocenters. The van der Waals surface area contributed by atoms with Crippen molar-refractivity contribution in [2.75, 3.05) is 42.5 Å². The van der Waals surface area contributed by atoms with Crippen LogP contribution in [0.5, 0.6) is 0 Å². The lowest BCUT2D eigenvalue weighted by atomic mass is 9.64. The number of rotatable bonds is 6. The summed E-state index contributed by atoms with van der Waals surface area (Å²) in [7, 11) is 0. The Kier molecular flexibility index (Phi) is 6.23. The number of amides is 1. The first-order valence-corrected chi connectivity index (χ1v) is 13.4. The van der Waals surface area contributed by atoms with Crippen molar-refractivity contribution < 1.29 is 4.79 Å². The second-order valence-corrected chi connectivity index (χ2v) is 10.8. The molecule has 3 saturated carbocycles. The smallest absolute Gasteiger partial charge is 0.231 e. The van der Waals surface area contributed by atoms with Crippen LogP contribution < -0.4 is 9.80 Å². The highest BCUT2D eigenvalue weighted by molar-refractivity contribution is 5.94. The number of hydrogen-bond acceptors (Lipinski definition) is 4. The summed E-state index contributed by atoms with van der Waals surface area (Å²) in [5, 5.41) is 1.29. The van der Waals surface area contributed by atoms with Gasteiger partial charge in [-0.2, -0.15) is 0 Å². The van der Waals surface area contributed by atoms with Gasteiger partial charge in [0.2, 0.25) is 5.91 Å². The Morgan fingerprint density at radius 1 is 1.06 bits per heavy atom. The summed E-state index contributed by atoms with van der Waals surface area (Å²) >= 11 is 0. The van der Waals surface area contributed by atoms with Gasteiger partial charge in [0.1, 0.15) is 5.82 Å². The van der Waals surface area contributed by atoms with Crippen LogP contribution in [0.25, 0.3) is 10.9 Å². The van der Waals surface area contributed by atoms with Gasteiger partial charge in [0.25, 0.3) is 0 Å². The number of nitrogens with one attached hydrogen (secondary N) is 1. The molecule has 0 radical (unpaired) electrons. The zero-order valence-electron chi connectivity index (χ0n) is 20.8. The predicted octanol–water partition coefficient (Wildman–Crippen LogP) is 4.93. The molecule has 184 valence electrons. The number of benzene rings is 1. The molecule has 6 heteroatoms. The van der Waals surface area contributed by atoms with Crippen LogP contribution in [0.15, 0.2) is 54.9 Å². The molecule has 4 fully saturated rings. The standard InChI is InChI=1S/C29H37N5O/c1-21(32-15-17-33(18-16-32)27-6-4-5-26-24(27)12-14-30-26)20-34(28-7-2-3-13-31-28)29(35)25-19-22-8-10-23(25)11-9-22/h2-7,12-14,21-23,25,30H,8-11,15-20H2,1H3/t21-,22?,23?,25+/m1/s1. The van der Waals surface area contributed by atoms with Crippen molar-refractivity contribution in [3.63, 3.8) is 0 Å². The van der Waals surface area contributed by atoms with E-state index in [1.54, 1.807) is 0 Å². The van der Waals surface area contributed by atoms with E-state index in [0.717, 1.165) is 44.3 Å². The molecule has 0 spiro atoms. The summed E-state index contributed by atoms with van der Waals surface area (Å²) in [4.78, 5) is 28.9. The Hall–Kier alpha value is -2.86. The molecule has 6 nitrogen and oxygen atoms in total. The third-order valence-corrected chi connectivity index (χ3v) is 8.85. The first kappa shape index (κ1) is 22.6. The molecule has 3 aliphatic carbocycles. The highest BCUT2D eigenvalue weighted by Crippen LogP contribution is 2.46. The molecule has 0 unspecified atom stereocenters. The predicted molar refractivity (Wildman–Crippen MR) is 142 cm³/mol. The van der Waals surface area contributed by atoms with Gasteiger partial charge in [-0.15, -0.1) is 0 Å². The molecule has 4 aliphatic rings. The number of anilines is 2. The third kappa shape index (κ3) is 4.44. The topological polar surface area (TPSA) is 55.5 Å². The zero-order valence-corrected chi connectivity index (χ0v) is 20.8. The Balaban J connectivity index is 1.14. The van der Waals surface area contributed by atoms with Crippen LogP contribution in [0.4, 0.5) is 11.5 Å². The Morgan fingerprint density at radius 3 is 2.60 bits per heavy atom. The maximum absolute atomic E-state index is 13.9. The van der Waals surface area contributed by atoms with Crippen molar-refractivity contribution in [2.24, 2.45) is 17.8 Å². The number of pyridine rings is 1. The van der Waals surface area contributed by atoms with Crippen LogP contribution in [-0.4, -0.2) is 59.5 Å². The van der Waals surface area contributed by atoms with E-state index >= 15 is 0 Å². The fourth-order valence-electron chi connectivity index (χ4n) is 6.82. The van der Waals surface area contributed by atoms with Gasteiger partial charge in [-0.3, -0.25) is 14.6 Å². The third-order valence-electron chi connectivity index (χ3n) is 8.85. The largest absolute Gasteiger partial charge is 0.368 e.